The number of para-hydroxylation sites is 1. The van der Waals surface area contributed by atoms with Crippen molar-refractivity contribution in [1.29, 1.82) is 0 Å². The molecule has 0 amide bonds. The molecule has 0 saturated carbocycles. The summed E-state index contributed by atoms with van der Waals surface area (Å²) < 4.78 is 31.0. The van der Waals surface area contributed by atoms with Crippen molar-refractivity contribution in [2.45, 2.75) is 6.42 Å². The molecule has 0 spiro atoms. The summed E-state index contributed by atoms with van der Waals surface area (Å²) in [4.78, 5) is 0. The lowest BCUT2D eigenvalue weighted by atomic mass is 10.1. The highest BCUT2D eigenvalue weighted by atomic mass is 32.2. The Labute approximate surface area is 95.4 Å². The van der Waals surface area contributed by atoms with Crippen molar-refractivity contribution >= 4 is 10.1 Å². The average Bonchev–Trinajstić information content (AvgIpc) is 2.16. The highest BCUT2D eigenvalue weighted by Gasteiger charge is 1.98. The second-order valence-electron chi connectivity index (χ2n) is 3.02. The number of rotatable bonds is 3. The second-order valence-corrected chi connectivity index (χ2v) is 4.48. The van der Waals surface area contributed by atoms with Gasteiger partial charge in [0, 0.05) is 6.61 Å². The zero-order valence-electron chi connectivity index (χ0n) is 9.25. The number of hydrogen-bond acceptors (Lipinski definition) is 4. The van der Waals surface area contributed by atoms with Gasteiger partial charge < -0.3 is 9.84 Å². The van der Waals surface area contributed by atoms with Gasteiger partial charge in [0.05, 0.1) is 13.4 Å². The Balaban J connectivity index is 0.000000385. The molecule has 0 radical (unpaired) electrons. The summed E-state index contributed by atoms with van der Waals surface area (Å²) in [5.41, 5.74) is 1.05. The van der Waals surface area contributed by atoms with E-state index >= 15 is 0 Å². The van der Waals surface area contributed by atoms with Gasteiger partial charge in [0.1, 0.15) is 5.75 Å². The molecule has 1 rings (SSSR count). The van der Waals surface area contributed by atoms with Crippen LogP contribution in [0.1, 0.15) is 5.56 Å². The van der Waals surface area contributed by atoms with E-state index in [1.54, 1.807) is 7.11 Å². The minimum atomic E-state index is -3.67. The molecular formula is C10H16O5S. The van der Waals surface area contributed by atoms with Gasteiger partial charge in [-0.1, -0.05) is 18.2 Å². The molecule has 0 unspecified atom stereocenters. The summed E-state index contributed by atoms with van der Waals surface area (Å²) in [5, 5.41) is 8.68. The van der Waals surface area contributed by atoms with Crippen LogP contribution in [0.5, 0.6) is 5.75 Å². The fourth-order valence-electron chi connectivity index (χ4n) is 1.03. The maximum Gasteiger partial charge on any atom is 0.261 e. The highest BCUT2D eigenvalue weighted by molar-refractivity contribution is 7.85. The van der Waals surface area contributed by atoms with E-state index in [4.69, 9.17) is 14.4 Å². The van der Waals surface area contributed by atoms with Crippen molar-refractivity contribution in [2.75, 3.05) is 20.0 Å². The Kier molecular flexibility index (Phi) is 6.71. The standard InChI is InChI=1S/C9H12O2.CH4O3S/c1-11-9-5-3-2-4-8(9)6-7-10;1-5(2,3)4/h2-5,10H,6-7H2,1H3;1H3,(H,2,3,4). The first-order chi connectivity index (χ1) is 7.38. The van der Waals surface area contributed by atoms with Crippen molar-refractivity contribution in [3.8, 4) is 5.75 Å². The van der Waals surface area contributed by atoms with E-state index in [9.17, 15) is 8.42 Å². The molecule has 1 aromatic rings. The van der Waals surface area contributed by atoms with E-state index in [1.165, 1.54) is 0 Å². The molecule has 0 atom stereocenters. The molecule has 0 aliphatic carbocycles. The number of benzene rings is 1. The summed E-state index contributed by atoms with van der Waals surface area (Å²) >= 11 is 0. The van der Waals surface area contributed by atoms with Crippen LogP contribution in [-0.2, 0) is 16.5 Å². The van der Waals surface area contributed by atoms with Crippen LogP contribution >= 0.6 is 0 Å². The van der Waals surface area contributed by atoms with Crippen LogP contribution < -0.4 is 4.74 Å². The summed E-state index contributed by atoms with van der Waals surface area (Å²) in [6.07, 6.45) is 1.37. The minimum absolute atomic E-state index is 0.167. The van der Waals surface area contributed by atoms with Crippen LogP contribution in [-0.4, -0.2) is 38.0 Å². The molecule has 0 aliphatic heterocycles. The molecule has 0 saturated heterocycles. The van der Waals surface area contributed by atoms with Crippen molar-refractivity contribution < 1.29 is 22.8 Å². The monoisotopic (exact) mass is 248 g/mol. The third-order valence-electron chi connectivity index (χ3n) is 1.57. The van der Waals surface area contributed by atoms with E-state index in [0.29, 0.717) is 12.7 Å². The van der Waals surface area contributed by atoms with Gasteiger partial charge in [-0.3, -0.25) is 4.55 Å². The predicted molar refractivity (Wildman–Crippen MR) is 61.3 cm³/mol. The first-order valence-electron chi connectivity index (χ1n) is 4.53. The zero-order valence-corrected chi connectivity index (χ0v) is 10.1. The van der Waals surface area contributed by atoms with Gasteiger partial charge in [0.2, 0.25) is 0 Å². The average molecular weight is 248 g/mol. The predicted octanol–water partition coefficient (Wildman–Crippen LogP) is 0.734. The Morgan fingerprint density at radius 1 is 1.31 bits per heavy atom. The third kappa shape index (κ3) is 8.22. The Bertz CT molecular complexity index is 391. The van der Waals surface area contributed by atoms with Crippen LogP contribution in [0.25, 0.3) is 0 Å². The largest absolute Gasteiger partial charge is 0.496 e. The number of ether oxygens (including phenoxy) is 1. The summed E-state index contributed by atoms with van der Waals surface area (Å²) in [6.45, 7) is 0.167. The summed E-state index contributed by atoms with van der Waals surface area (Å²) in [6, 6.07) is 7.70. The second kappa shape index (κ2) is 7.21. The fraction of sp³-hybridized carbons (Fsp3) is 0.400. The van der Waals surface area contributed by atoms with Crippen LogP contribution in [0.3, 0.4) is 0 Å². The van der Waals surface area contributed by atoms with Crippen molar-refractivity contribution in [2.24, 2.45) is 0 Å². The molecule has 0 aliphatic rings. The molecule has 2 N–H and O–H groups in total. The SMILES string of the molecule is COc1ccccc1CCO.CS(=O)(=O)O. The molecule has 0 aromatic heterocycles. The van der Waals surface area contributed by atoms with Crippen LogP contribution in [0, 0.1) is 0 Å². The van der Waals surface area contributed by atoms with Crippen LogP contribution in [0.15, 0.2) is 24.3 Å². The zero-order chi connectivity index (χ0) is 12.6. The fourth-order valence-corrected chi connectivity index (χ4v) is 1.03. The van der Waals surface area contributed by atoms with Gasteiger partial charge in [0.15, 0.2) is 0 Å². The quantitative estimate of drug-likeness (QED) is 0.770. The normalized spacial score (nSPS) is 10.2. The van der Waals surface area contributed by atoms with E-state index in [-0.39, 0.29) is 6.61 Å². The lowest BCUT2D eigenvalue weighted by molar-refractivity contribution is 0.296. The first kappa shape index (κ1) is 14.9. The van der Waals surface area contributed by atoms with Gasteiger partial charge in [-0.25, -0.2) is 0 Å². The molecule has 16 heavy (non-hydrogen) atoms. The highest BCUT2D eigenvalue weighted by Crippen LogP contribution is 2.16. The van der Waals surface area contributed by atoms with Gasteiger partial charge in [-0.05, 0) is 18.1 Å². The molecule has 0 fully saturated rings. The molecular weight excluding hydrogens is 232 g/mol. The Hall–Kier alpha value is -1.11. The summed E-state index contributed by atoms with van der Waals surface area (Å²) in [7, 11) is -2.03. The van der Waals surface area contributed by atoms with E-state index in [0.717, 1.165) is 11.3 Å². The first-order valence-corrected chi connectivity index (χ1v) is 6.38. The number of methoxy groups -OCH3 is 1. The molecule has 0 heterocycles. The van der Waals surface area contributed by atoms with Crippen LogP contribution in [0.2, 0.25) is 0 Å². The van der Waals surface area contributed by atoms with Crippen molar-refractivity contribution in [1.82, 2.24) is 0 Å². The number of aliphatic hydroxyl groups is 1. The lowest BCUT2D eigenvalue weighted by Gasteiger charge is -2.05. The van der Waals surface area contributed by atoms with Crippen LogP contribution in [0.4, 0.5) is 0 Å². The van der Waals surface area contributed by atoms with Crippen molar-refractivity contribution in [3.63, 3.8) is 0 Å². The minimum Gasteiger partial charge on any atom is -0.496 e. The smallest absolute Gasteiger partial charge is 0.261 e. The maximum atomic E-state index is 9.19. The van der Waals surface area contributed by atoms with Gasteiger partial charge in [-0.2, -0.15) is 8.42 Å². The maximum absolute atomic E-state index is 9.19. The van der Waals surface area contributed by atoms with Crippen molar-refractivity contribution in [3.05, 3.63) is 29.8 Å². The number of aliphatic hydroxyl groups excluding tert-OH is 1. The van der Waals surface area contributed by atoms with E-state index in [2.05, 4.69) is 0 Å². The molecule has 5 nitrogen and oxygen atoms in total. The van der Waals surface area contributed by atoms with Gasteiger partial charge in [0.25, 0.3) is 10.1 Å². The lowest BCUT2D eigenvalue weighted by Crippen LogP contribution is -1.94. The van der Waals surface area contributed by atoms with Gasteiger partial charge >= 0.3 is 0 Å². The number of hydrogen-bond donors (Lipinski definition) is 2. The Morgan fingerprint density at radius 3 is 2.25 bits per heavy atom. The molecule has 92 valence electrons. The topological polar surface area (TPSA) is 83.8 Å². The molecule has 0 bridgehead atoms. The molecule has 1 aromatic carbocycles. The molecule has 6 heteroatoms. The van der Waals surface area contributed by atoms with Gasteiger partial charge in [-0.15, -0.1) is 0 Å². The Morgan fingerprint density at radius 2 is 1.81 bits per heavy atom. The van der Waals surface area contributed by atoms with E-state index < -0.39 is 10.1 Å². The third-order valence-corrected chi connectivity index (χ3v) is 1.57. The van der Waals surface area contributed by atoms with E-state index in [1.807, 2.05) is 24.3 Å². The summed E-state index contributed by atoms with van der Waals surface area (Å²) in [5.74, 6) is 0.849.